The zero-order valence-corrected chi connectivity index (χ0v) is 8.81. The van der Waals surface area contributed by atoms with Gasteiger partial charge < -0.3 is 5.32 Å². The summed E-state index contributed by atoms with van der Waals surface area (Å²) in [4.78, 5) is 15.9. The van der Waals surface area contributed by atoms with Crippen molar-refractivity contribution < 1.29 is 4.79 Å². The summed E-state index contributed by atoms with van der Waals surface area (Å²) in [5, 5.41) is 3.97. The van der Waals surface area contributed by atoms with Gasteiger partial charge >= 0.3 is 0 Å². The molecule has 1 fully saturated rings. The fraction of sp³-hybridized carbons (Fsp3) is 0.231. The molecule has 1 heterocycles. The monoisotopic (exact) mass is 212 g/mol. The van der Waals surface area contributed by atoms with Gasteiger partial charge in [0.15, 0.2) is 0 Å². The number of carbonyl (C=O) groups excluding carboxylic acids is 1. The summed E-state index contributed by atoms with van der Waals surface area (Å²) in [6.07, 6.45) is 3.80. The predicted molar refractivity (Wildman–Crippen MR) is 63.1 cm³/mol. The van der Waals surface area contributed by atoms with Crippen LogP contribution in [0.15, 0.2) is 36.5 Å². The number of nitrogens with zero attached hydrogens (tertiary/aromatic N) is 1. The highest BCUT2D eigenvalue weighted by atomic mass is 16.2. The summed E-state index contributed by atoms with van der Waals surface area (Å²) in [6.45, 7) is 0. The van der Waals surface area contributed by atoms with Gasteiger partial charge in [-0.05, 0) is 37.1 Å². The highest BCUT2D eigenvalue weighted by Gasteiger charge is 2.29. The van der Waals surface area contributed by atoms with Crippen LogP contribution in [0, 0.1) is 5.92 Å². The average Bonchev–Trinajstić information content (AvgIpc) is 3.13. The highest BCUT2D eigenvalue weighted by molar-refractivity contribution is 6.02. The maximum atomic E-state index is 11.7. The fourth-order valence-electron chi connectivity index (χ4n) is 1.79. The van der Waals surface area contributed by atoms with E-state index in [-0.39, 0.29) is 11.8 Å². The van der Waals surface area contributed by atoms with Gasteiger partial charge in [-0.1, -0.05) is 6.07 Å². The number of carbonyl (C=O) groups is 1. The number of benzene rings is 1. The molecule has 16 heavy (non-hydrogen) atoms. The molecule has 0 unspecified atom stereocenters. The topological polar surface area (TPSA) is 42.0 Å². The second kappa shape index (κ2) is 3.59. The lowest BCUT2D eigenvalue weighted by molar-refractivity contribution is -0.117. The Bertz CT molecular complexity index is 541. The number of nitrogens with one attached hydrogen (secondary N) is 1. The molecule has 3 heteroatoms. The molecule has 1 aliphatic rings. The van der Waals surface area contributed by atoms with Crippen molar-refractivity contribution in [2.75, 3.05) is 5.32 Å². The Morgan fingerprint density at radius 3 is 2.94 bits per heavy atom. The van der Waals surface area contributed by atoms with E-state index in [0.717, 1.165) is 29.4 Å². The molecule has 1 saturated carbocycles. The molecule has 1 aliphatic carbocycles. The molecule has 3 rings (SSSR count). The van der Waals surface area contributed by atoms with Crippen LogP contribution in [0.25, 0.3) is 10.9 Å². The lowest BCUT2D eigenvalue weighted by Crippen LogP contribution is -2.13. The van der Waals surface area contributed by atoms with Crippen LogP contribution in [0.4, 0.5) is 5.69 Å². The molecule has 1 aromatic carbocycles. The van der Waals surface area contributed by atoms with Crippen molar-refractivity contribution >= 4 is 22.5 Å². The first-order valence-corrected chi connectivity index (χ1v) is 5.49. The van der Waals surface area contributed by atoms with E-state index >= 15 is 0 Å². The van der Waals surface area contributed by atoms with Gasteiger partial charge in [0.1, 0.15) is 0 Å². The minimum absolute atomic E-state index is 0.136. The zero-order valence-electron chi connectivity index (χ0n) is 8.81. The number of amides is 1. The van der Waals surface area contributed by atoms with Crippen molar-refractivity contribution in [3.8, 4) is 0 Å². The molecule has 3 nitrogen and oxygen atoms in total. The van der Waals surface area contributed by atoms with E-state index in [0.29, 0.717) is 0 Å². The number of pyridine rings is 1. The molecule has 0 atom stereocenters. The van der Waals surface area contributed by atoms with Gasteiger partial charge in [-0.15, -0.1) is 0 Å². The summed E-state index contributed by atoms with van der Waals surface area (Å²) in [5.41, 5.74) is 1.78. The normalized spacial score (nSPS) is 15.0. The van der Waals surface area contributed by atoms with Crippen molar-refractivity contribution in [2.45, 2.75) is 12.8 Å². The van der Waals surface area contributed by atoms with Crippen molar-refractivity contribution in [2.24, 2.45) is 5.92 Å². The van der Waals surface area contributed by atoms with Crippen LogP contribution in [0.1, 0.15) is 12.8 Å². The third-order valence-corrected chi connectivity index (χ3v) is 2.85. The van der Waals surface area contributed by atoms with Crippen molar-refractivity contribution in [3.63, 3.8) is 0 Å². The largest absolute Gasteiger partial charge is 0.325 e. The number of aromatic nitrogens is 1. The van der Waals surface area contributed by atoms with Crippen molar-refractivity contribution in [1.82, 2.24) is 4.98 Å². The number of rotatable bonds is 2. The van der Waals surface area contributed by atoms with Crippen LogP contribution in [0.2, 0.25) is 0 Å². The Kier molecular flexibility index (Phi) is 2.10. The molecule has 1 N–H and O–H groups in total. The Hall–Kier alpha value is -1.90. The number of hydrogen-bond donors (Lipinski definition) is 1. The molecular weight excluding hydrogens is 200 g/mol. The van der Waals surface area contributed by atoms with Crippen LogP contribution < -0.4 is 5.32 Å². The molecule has 80 valence electrons. The molecule has 1 aromatic heterocycles. The van der Waals surface area contributed by atoms with Gasteiger partial charge in [-0.3, -0.25) is 9.78 Å². The Balaban J connectivity index is 1.99. The van der Waals surface area contributed by atoms with Gasteiger partial charge in [0.25, 0.3) is 0 Å². The van der Waals surface area contributed by atoms with E-state index in [1.54, 1.807) is 6.20 Å². The van der Waals surface area contributed by atoms with Crippen molar-refractivity contribution in [1.29, 1.82) is 0 Å². The molecule has 2 aromatic rings. The van der Waals surface area contributed by atoms with E-state index in [4.69, 9.17) is 0 Å². The molecule has 0 spiro atoms. The summed E-state index contributed by atoms with van der Waals surface area (Å²) in [5.74, 6) is 0.364. The Morgan fingerprint density at radius 2 is 2.12 bits per heavy atom. The second-order valence-electron chi connectivity index (χ2n) is 4.14. The standard InChI is InChI=1S/C13H12N2O/c16-13(9-6-7-9)15-12-5-1-4-11-10(12)3-2-8-14-11/h1-5,8-9H,6-7H2,(H,15,16). The first-order valence-electron chi connectivity index (χ1n) is 5.49. The lowest BCUT2D eigenvalue weighted by Gasteiger charge is -2.07. The predicted octanol–water partition coefficient (Wildman–Crippen LogP) is 2.58. The van der Waals surface area contributed by atoms with Gasteiger partial charge in [-0.25, -0.2) is 0 Å². The van der Waals surface area contributed by atoms with Gasteiger partial charge in [-0.2, -0.15) is 0 Å². The number of hydrogen-bond acceptors (Lipinski definition) is 2. The van der Waals surface area contributed by atoms with Gasteiger partial charge in [0, 0.05) is 17.5 Å². The maximum absolute atomic E-state index is 11.7. The highest BCUT2D eigenvalue weighted by Crippen LogP contribution is 2.31. The molecule has 0 aliphatic heterocycles. The van der Waals surface area contributed by atoms with Crippen LogP contribution in [0.3, 0.4) is 0 Å². The summed E-state index contributed by atoms with van der Waals surface area (Å²) >= 11 is 0. The molecular formula is C13H12N2O. The van der Waals surface area contributed by atoms with Crippen LogP contribution in [0.5, 0.6) is 0 Å². The van der Waals surface area contributed by atoms with E-state index in [1.165, 1.54) is 0 Å². The third kappa shape index (κ3) is 1.65. The number of anilines is 1. The quantitative estimate of drug-likeness (QED) is 0.831. The first-order chi connectivity index (χ1) is 7.84. The van der Waals surface area contributed by atoms with Gasteiger partial charge in [0.2, 0.25) is 5.91 Å². The van der Waals surface area contributed by atoms with E-state index in [2.05, 4.69) is 10.3 Å². The van der Waals surface area contributed by atoms with E-state index in [9.17, 15) is 4.79 Å². The SMILES string of the molecule is O=C(Nc1cccc2ncccc12)C1CC1. The molecule has 0 radical (unpaired) electrons. The Labute approximate surface area is 93.5 Å². The zero-order chi connectivity index (χ0) is 11.0. The summed E-state index contributed by atoms with van der Waals surface area (Å²) < 4.78 is 0. The van der Waals surface area contributed by atoms with Crippen LogP contribution >= 0.6 is 0 Å². The molecule has 0 saturated heterocycles. The van der Waals surface area contributed by atoms with Gasteiger partial charge in [0.05, 0.1) is 11.2 Å². The van der Waals surface area contributed by atoms with E-state index < -0.39 is 0 Å². The molecule has 1 amide bonds. The van der Waals surface area contributed by atoms with Crippen LogP contribution in [-0.2, 0) is 4.79 Å². The summed E-state index contributed by atoms with van der Waals surface area (Å²) in [7, 11) is 0. The minimum Gasteiger partial charge on any atom is -0.325 e. The van der Waals surface area contributed by atoms with E-state index in [1.807, 2.05) is 30.3 Å². The van der Waals surface area contributed by atoms with Crippen LogP contribution in [-0.4, -0.2) is 10.9 Å². The number of fused-ring (bicyclic) bond motifs is 1. The third-order valence-electron chi connectivity index (χ3n) is 2.85. The fourth-order valence-corrected chi connectivity index (χ4v) is 1.79. The lowest BCUT2D eigenvalue weighted by atomic mass is 10.2. The smallest absolute Gasteiger partial charge is 0.227 e. The molecule has 0 bridgehead atoms. The maximum Gasteiger partial charge on any atom is 0.227 e. The average molecular weight is 212 g/mol. The van der Waals surface area contributed by atoms with Crippen molar-refractivity contribution in [3.05, 3.63) is 36.5 Å². The Morgan fingerprint density at radius 1 is 1.25 bits per heavy atom. The summed E-state index contributed by atoms with van der Waals surface area (Å²) in [6, 6.07) is 9.64. The second-order valence-corrected chi connectivity index (χ2v) is 4.14. The minimum atomic E-state index is 0.136. The first kappa shape index (κ1) is 9.33.